The van der Waals surface area contributed by atoms with Crippen molar-refractivity contribution in [2.24, 2.45) is 5.92 Å². The lowest BCUT2D eigenvalue weighted by molar-refractivity contribution is 0.101. The molecular weight excluding hydrogens is 229 g/mol. The third-order valence-corrected chi connectivity index (χ3v) is 3.14. The standard InChI is InChI=1S/C15H16FNO/c1-3-8-17(10-12-4-5-12)15-7-6-13(16)9-14(15)11(2)18/h1,6-7,9,12H,4-5,8,10H2,2H3. The predicted octanol–water partition coefficient (Wildman–Crippen LogP) is 2.88. The van der Waals surface area contributed by atoms with Crippen molar-refractivity contribution in [2.75, 3.05) is 18.0 Å². The molecule has 1 aliphatic carbocycles. The van der Waals surface area contributed by atoms with Crippen LogP contribution in [-0.2, 0) is 0 Å². The summed E-state index contributed by atoms with van der Waals surface area (Å²) >= 11 is 0. The first kappa shape index (κ1) is 12.6. The first-order valence-electron chi connectivity index (χ1n) is 6.10. The highest BCUT2D eigenvalue weighted by Gasteiger charge is 2.25. The zero-order valence-electron chi connectivity index (χ0n) is 10.4. The molecule has 0 atom stereocenters. The second-order valence-electron chi connectivity index (χ2n) is 4.75. The van der Waals surface area contributed by atoms with Gasteiger partial charge in [0.15, 0.2) is 5.78 Å². The SMILES string of the molecule is C#CCN(CC1CC1)c1ccc(F)cc1C(C)=O. The van der Waals surface area contributed by atoms with Gasteiger partial charge in [0.1, 0.15) is 5.82 Å². The van der Waals surface area contributed by atoms with Crippen LogP contribution in [0.4, 0.5) is 10.1 Å². The molecule has 0 aromatic heterocycles. The minimum absolute atomic E-state index is 0.137. The molecule has 0 aliphatic heterocycles. The predicted molar refractivity (Wildman–Crippen MR) is 70.2 cm³/mol. The molecule has 0 bridgehead atoms. The molecule has 0 amide bonds. The van der Waals surface area contributed by atoms with Crippen molar-refractivity contribution in [2.45, 2.75) is 19.8 Å². The van der Waals surface area contributed by atoms with E-state index >= 15 is 0 Å². The fourth-order valence-corrected chi connectivity index (χ4v) is 2.04. The van der Waals surface area contributed by atoms with Gasteiger partial charge >= 0.3 is 0 Å². The fourth-order valence-electron chi connectivity index (χ4n) is 2.04. The van der Waals surface area contributed by atoms with Crippen molar-refractivity contribution >= 4 is 11.5 Å². The molecule has 0 heterocycles. The maximum Gasteiger partial charge on any atom is 0.161 e. The number of benzene rings is 1. The van der Waals surface area contributed by atoms with E-state index in [1.165, 1.54) is 31.9 Å². The molecule has 1 aromatic carbocycles. The molecule has 2 rings (SSSR count). The summed E-state index contributed by atoms with van der Waals surface area (Å²) in [4.78, 5) is 13.6. The Kier molecular flexibility index (Phi) is 3.66. The van der Waals surface area contributed by atoms with E-state index in [9.17, 15) is 9.18 Å². The minimum atomic E-state index is -0.393. The second-order valence-corrected chi connectivity index (χ2v) is 4.75. The highest BCUT2D eigenvalue weighted by molar-refractivity contribution is 5.99. The van der Waals surface area contributed by atoms with Gasteiger partial charge in [-0.3, -0.25) is 4.79 Å². The van der Waals surface area contributed by atoms with Crippen LogP contribution in [0.2, 0.25) is 0 Å². The van der Waals surface area contributed by atoms with Crippen LogP contribution in [0, 0.1) is 24.1 Å². The average molecular weight is 245 g/mol. The van der Waals surface area contributed by atoms with Gasteiger partial charge in [-0.1, -0.05) is 5.92 Å². The average Bonchev–Trinajstić information content (AvgIpc) is 3.12. The summed E-state index contributed by atoms with van der Waals surface area (Å²) in [5.41, 5.74) is 1.15. The lowest BCUT2D eigenvalue weighted by Gasteiger charge is -2.24. The number of anilines is 1. The Hall–Kier alpha value is -1.82. The molecule has 2 nitrogen and oxygen atoms in total. The Morgan fingerprint density at radius 1 is 1.56 bits per heavy atom. The van der Waals surface area contributed by atoms with Gasteiger partial charge in [0, 0.05) is 17.8 Å². The summed E-state index contributed by atoms with van der Waals surface area (Å²) in [6.45, 7) is 2.74. The minimum Gasteiger partial charge on any atom is -0.360 e. The number of halogens is 1. The van der Waals surface area contributed by atoms with Crippen LogP contribution in [0.5, 0.6) is 0 Å². The maximum atomic E-state index is 13.2. The molecular formula is C15H16FNO. The van der Waals surface area contributed by atoms with E-state index in [-0.39, 0.29) is 5.78 Å². The summed E-state index contributed by atoms with van der Waals surface area (Å²) in [7, 11) is 0. The van der Waals surface area contributed by atoms with Gasteiger partial charge in [0.25, 0.3) is 0 Å². The molecule has 0 radical (unpaired) electrons. The lowest BCUT2D eigenvalue weighted by atomic mass is 10.1. The fraction of sp³-hybridized carbons (Fsp3) is 0.400. The number of Topliss-reactive ketones (excluding diaryl/α,β-unsaturated/α-hetero) is 1. The summed E-state index contributed by atoms with van der Waals surface area (Å²) in [5.74, 6) is 2.73. The monoisotopic (exact) mass is 245 g/mol. The molecule has 3 heteroatoms. The Bertz CT molecular complexity index is 500. The van der Waals surface area contributed by atoms with E-state index in [1.807, 2.05) is 4.90 Å². The highest BCUT2D eigenvalue weighted by Crippen LogP contribution is 2.32. The van der Waals surface area contributed by atoms with E-state index in [0.29, 0.717) is 18.0 Å². The van der Waals surface area contributed by atoms with E-state index in [1.54, 1.807) is 6.07 Å². The normalized spacial score (nSPS) is 14.1. The molecule has 1 aromatic rings. The van der Waals surface area contributed by atoms with E-state index < -0.39 is 5.82 Å². The lowest BCUT2D eigenvalue weighted by Crippen LogP contribution is -2.27. The number of ketones is 1. The van der Waals surface area contributed by atoms with Crippen LogP contribution < -0.4 is 4.90 Å². The number of terminal acetylenes is 1. The summed E-state index contributed by atoms with van der Waals surface area (Å²) in [5, 5.41) is 0. The molecule has 1 aliphatic rings. The van der Waals surface area contributed by atoms with Crippen LogP contribution >= 0.6 is 0 Å². The third kappa shape index (κ3) is 2.89. The van der Waals surface area contributed by atoms with Crippen molar-refractivity contribution < 1.29 is 9.18 Å². The van der Waals surface area contributed by atoms with Crippen LogP contribution in [0.3, 0.4) is 0 Å². The topological polar surface area (TPSA) is 20.3 Å². The summed E-state index contributed by atoms with van der Waals surface area (Å²) < 4.78 is 13.2. The zero-order valence-corrected chi connectivity index (χ0v) is 10.4. The molecule has 94 valence electrons. The summed E-state index contributed by atoms with van der Waals surface area (Å²) in [6.07, 6.45) is 7.78. The van der Waals surface area contributed by atoms with Gasteiger partial charge in [-0.05, 0) is 43.9 Å². The van der Waals surface area contributed by atoms with Crippen LogP contribution in [0.25, 0.3) is 0 Å². The highest BCUT2D eigenvalue weighted by atomic mass is 19.1. The molecule has 1 fully saturated rings. The van der Waals surface area contributed by atoms with Crippen LogP contribution in [0.15, 0.2) is 18.2 Å². The Labute approximate surface area is 107 Å². The smallest absolute Gasteiger partial charge is 0.161 e. The van der Waals surface area contributed by atoms with Crippen LogP contribution in [0.1, 0.15) is 30.1 Å². The van der Waals surface area contributed by atoms with Gasteiger partial charge < -0.3 is 4.90 Å². The molecule has 1 saturated carbocycles. The second kappa shape index (κ2) is 5.22. The largest absolute Gasteiger partial charge is 0.360 e. The Morgan fingerprint density at radius 3 is 2.83 bits per heavy atom. The zero-order chi connectivity index (χ0) is 13.1. The molecule has 0 spiro atoms. The van der Waals surface area contributed by atoms with Crippen molar-refractivity contribution in [1.82, 2.24) is 0 Å². The van der Waals surface area contributed by atoms with Crippen LogP contribution in [-0.4, -0.2) is 18.9 Å². The Balaban J connectivity index is 2.32. The van der Waals surface area contributed by atoms with Gasteiger partial charge in [0.05, 0.1) is 6.54 Å². The van der Waals surface area contributed by atoms with E-state index in [4.69, 9.17) is 6.42 Å². The maximum absolute atomic E-state index is 13.2. The summed E-state index contributed by atoms with van der Waals surface area (Å²) in [6, 6.07) is 4.30. The number of hydrogen-bond donors (Lipinski definition) is 0. The first-order valence-corrected chi connectivity index (χ1v) is 6.10. The third-order valence-electron chi connectivity index (χ3n) is 3.14. The van der Waals surface area contributed by atoms with Crippen molar-refractivity contribution in [1.29, 1.82) is 0 Å². The van der Waals surface area contributed by atoms with Crippen molar-refractivity contribution in [3.63, 3.8) is 0 Å². The molecule has 0 unspecified atom stereocenters. The first-order chi connectivity index (χ1) is 8.61. The quantitative estimate of drug-likeness (QED) is 0.587. The van der Waals surface area contributed by atoms with Crippen molar-refractivity contribution in [3.05, 3.63) is 29.6 Å². The van der Waals surface area contributed by atoms with Crippen molar-refractivity contribution in [3.8, 4) is 12.3 Å². The number of nitrogens with zero attached hydrogens (tertiary/aromatic N) is 1. The number of carbonyl (C=O) groups excluding carboxylic acids is 1. The Morgan fingerprint density at radius 2 is 2.28 bits per heavy atom. The molecule has 18 heavy (non-hydrogen) atoms. The molecule has 0 N–H and O–H groups in total. The van der Waals surface area contributed by atoms with E-state index in [0.717, 1.165) is 12.2 Å². The van der Waals surface area contributed by atoms with Gasteiger partial charge in [-0.2, -0.15) is 0 Å². The number of rotatable bonds is 5. The van der Waals surface area contributed by atoms with Gasteiger partial charge in [-0.25, -0.2) is 4.39 Å². The van der Waals surface area contributed by atoms with Gasteiger partial charge in [0.2, 0.25) is 0 Å². The van der Waals surface area contributed by atoms with Gasteiger partial charge in [-0.15, -0.1) is 6.42 Å². The molecule has 0 saturated heterocycles. The van der Waals surface area contributed by atoms with E-state index in [2.05, 4.69) is 5.92 Å². The number of hydrogen-bond acceptors (Lipinski definition) is 2. The number of carbonyl (C=O) groups is 1.